The van der Waals surface area contributed by atoms with Crippen LogP contribution in [0.3, 0.4) is 0 Å². The minimum atomic E-state index is 0. The molecule has 1 aromatic carbocycles. The fourth-order valence-electron chi connectivity index (χ4n) is 1.40. The minimum Gasteiger partial charge on any atom is -0.660 e. The van der Waals surface area contributed by atoms with E-state index in [9.17, 15) is 0 Å². The molecule has 1 aromatic heterocycles. The third kappa shape index (κ3) is 2.08. The second kappa shape index (κ2) is 3.89. The van der Waals surface area contributed by atoms with Crippen LogP contribution in [0.4, 0.5) is 0 Å². The predicted octanol–water partition coefficient (Wildman–Crippen LogP) is 3.09. The van der Waals surface area contributed by atoms with Gasteiger partial charge < -0.3 is 4.98 Å². The number of hydrogen-bond donors (Lipinski definition) is 0. The van der Waals surface area contributed by atoms with E-state index in [1.165, 1.54) is 11.1 Å². The van der Waals surface area contributed by atoms with Crippen LogP contribution in [0.5, 0.6) is 0 Å². The van der Waals surface area contributed by atoms with Gasteiger partial charge in [0.15, 0.2) is 0 Å². The quantitative estimate of drug-likeness (QED) is 0.706. The van der Waals surface area contributed by atoms with Crippen molar-refractivity contribution in [1.82, 2.24) is 4.98 Å². The molecule has 1 heterocycles. The predicted molar refractivity (Wildman–Crippen MR) is 56.0 cm³/mol. The van der Waals surface area contributed by atoms with Gasteiger partial charge in [0.1, 0.15) is 0 Å². The zero-order valence-corrected chi connectivity index (χ0v) is 11.4. The van der Waals surface area contributed by atoms with E-state index < -0.39 is 0 Å². The first kappa shape index (κ1) is 11.5. The molecule has 0 saturated heterocycles. The maximum absolute atomic E-state index is 4.58. The van der Waals surface area contributed by atoms with Crippen molar-refractivity contribution in [3.05, 3.63) is 36.0 Å². The molecule has 0 aliphatic rings. The molecule has 0 fully saturated rings. The molecule has 0 saturated carbocycles. The smallest absolute Gasteiger partial charge is 0 e. The molecule has 2 aromatic rings. The zero-order valence-electron chi connectivity index (χ0n) is 8.71. The van der Waals surface area contributed by atoms with Crippen LogP contribution in [0.2, 0.25) is 0 Å². The second-order valence-electron chi connectivity index (χ2n) is 4.45. The fourth-order valence-corrected chi connectivity index (χ4v) is 1.40. The third-order valence-electron chi connectivity index (χ3n) is 2.24. The van der Waals surface area contributed by atoms with E-state index in [4.69, 9.17) is 0 Å². The van der Waals surface area contributed by atoms with Gasteiger partial charge in [-0.25, -0.2) is 0 Å². The largest absolute Gasteiger partial charge is 0.660 e. The van der Waals surface area contributed by atoms with Gasteiger partial charge >= 0.3 is 0 Å². The maximum Gasteiger partial charge on any atom is 0 e. The molecule has 0 aliphatic carbocycles. The summed E-state index contributed by atoms with van der Waals surface area (Å²) in [6.07, 6.45) is 0. The van der Waals surface area contributed by atoms with E-state index in [-0.39, 0.29) is 25.8 Å². The van der Waals surface area contributed by atoms with E-state index in [2.05, 4.69) is 50.0 Å². The van der Waals surface area contributed by atoms with Crippen LogP contribution in [0, 0.1) is 0 Å². The van der Waals surface area contributed by atoms with Crippen LogP contribution < -0.4 is 4.98 Å². The number of fused-ring (bicyclic) bond motifs is 1. The maximum atomic E-state index is 4.58. The van der Waals surface area contributed by atoms with E-state index in [0.717, 1.165) is 5.52 Å². The summed E-state index contributed by atoms with van der Waals surface area (Å²) in [5, 5.41) is 1.24. The molecule has 75 valence electrons. The molecule has 0 spiro atoms. The molecule has 1 radical (unpaired) electrons. The minimum absolute atomic E-state index is 0. The first-order valence-corrected chi connectivity index (χ1v) is 4.60. The van der Waals surface area contributed by atoms with Gasteiger partial charge in [-0.05, 0) is 10.8 Å². The van der Waals surface area contributed by atoms with Crippen LogP contribution in [0.1, 0.15) is 26.5 Å². The molecule has 0 aliphatic heterocycles. The first-order chi connectivity index (χ1) is 6.07. The van der Waals surface area contributed by atoms with Crippen molar-refractivity contribution < 1.29 is 20.4 Å². The van der Waals surface area contributed by atoms with Crippen LogP contribution in [0.25, 0.3) is 10.9 Å². The van der Waals surface area contributed by atoms with Gasteiger partial charge in [-0.1, -0.05) is 51.1 Å². The second-order valence-corrected chi connectivity index (χ2v) is 4.45. The van der Waals surface area contributed by atoms with Crippen molar-refractivity contribution in [2.75, 3.05) is 0 Å². The van der Waals surface area contributed by atoms with E-state index in [1.54, 1.807) is 0 Å². The molecule has 2 rings (SSSR count). The molecule has 1 nitrogen and oxygen atoms in total. The van der Waals surface area contributed by atoms with Crippen LogP contribution in [0.15, 0.2) is 30.3 Å². The Balaban J connectivity index is 0.000000980. The zero-order chi connectivity index (χ0) is 9.47. The summed E-state index contributed by atoms with van der Waals surface area (Å²) in [4.78, 5) is 4.58. The van der Waals surface area contributed by atoms with Crippen LogP contribution >= 0.6 is 0 Å². The van der Waals surface area contributed by atoms with Crippen LogP contribution in [-0.4, -0.2) is 0 Å². The summed E-state index contributed by atoms with van der Waals surface area (Å²) in [5.74, 6) is 0. The summed E-state index contributed by atoms with van der Waals surface area (Å²) < 4.78 is 0. The summed E-state index contributed by atoms with van der Waals surface area (Å²) in [6.45, 7) is 6.57. The van der Waals surface area contributed by atoms with Crippen molar-refractivity contribution in [2.45, 2.75) is 26.2 Å². The van der Waals surface area contributed by atoms with Gasteiger partial charge in [-0.3, -0.25) is 0 Å². The summed E-state index contributed by atoms with van der Waals surface area (Å²) in [5.41, 5.74) is 2.43. The Morgan fingerprint density at radius 3 is 2.29 bits per heavy atom. The van der Waals surface area contributed by atoms with Gasteiger partial charge in [0.05, 0.1) is 0 Å². The van der Waals surface area contributed by atoms with Gasteiger partial charge in [0.2, 0.25) is 0 Å². The number of hydrogen-bond acceptors (Lipinski definition) is 0. The van der Waals surface area contributed by atoms with Crippen LogP contribution in [-0.2, 0) is 25.8 Å². The average Bonchev–Trinajstić information content (AvgIpc) is 2.45. The molecule has 0 bridgehead atoms. The topological polar surface area (TPSA) is 14.1 Å². The Morgan fingerprint density at radius 1 is 1.07 bits per heavy atom. The number of para-hydroxylation sites is 1. The van der Waals surface area contributed by atoms with E-state index >= 15 is 0 Å². The molecular formula is C12H14NRe-. The van der Waals surface area contributed by atoms with Crippen molar-refractivity contribution in [1.29, 1.82) is 0 Å². The number of nitrogens with zero attached hydrogens (tertiary/aromatic N) is 1. The summed E-state index contributed by atoms with van der Waals surface area (Å²) in [7, 11) is 0. The number of rotatable bonds is 0. The monoisotopic (exact) mass is 359 g/mol. The third-order valence-corrected chi connectivity index (χ3v) is 2.24. The fraction of sp³-hybridized carbons (Fsp3) is 0.333. The summed E-state index contributed by atoms with van der Waals surface area (Å²) >= 11 is 0. The number of aromatic nitrogens is 1. The van der Waals surface area contributed by atoms with E-state index in [1.807, 2.05) is 6.07 Å². The molecule has 0 amide bonds. The molecule has 2 heteroatoms. The van der Waals surface area contributed by atoms with Crippen molar-refractivity contribution in [3.63, 3.8) is 0 Å². The van der Waals surface area contributed by atoms with Gasteiger partial charge in [0.25, 0.3) is 0 Å². The van der Waals surface area contributed by atoms with Crippen molar-refractivity contribution in [3.8, 4) is 0 Å². The molecule has 0 N–H and O–H groups in total. The normalized spacial score (nSPS) is 11.4. The van der Waals surface area contributed by atoms with Crippen molar-refractivity contribution >= 4 is 10.9 Å². The van der Waals surface area contributed by atoms with Gasteiger partial charge in [-0.2, -0.15) is 5.69 Å². The Hall–Kier alpha value is -0.578. The SMILES string of the molecule is CC(C)(C)c1cc2ccccc2[n-]1.[Re]. The number of benzene rings is 1. The van der Waals surface area contributed by atoms with Gasteiger partial charge in [-0.15, -0.1) is 5.52 Å². The molecule has 0 atom stereocenters. The summed E-state index contributed by atoms with van der Waals surface area (Å²) in [6, 6.07) is 10.4. The molecule has 0 unspecified atom stereocenters. The van der Waals surface area contributed by atoms with E-state index in [0.29, 0.717) is 0 Å². The average molecular weight is 358 g/mol. The first-order valence-electron chi connectivity index (χ1n) is 4.60. The van der Waals surface area contributed by atoms with Gasteiger partial charge in [0, 0.05) is 20.4 Å². The molecular weight excluding hydrogens is 344 g/mol. The Labute approximate surface area is 98.6 Å². The van der Waals surface area contributed by atoms with Crippen molar-refractivity contribution in [2.24, 2.45) is 0 Å². The molecule has 14 heavy (non-hydrogen) atoms. The Morgan fingerprint density at radius 2 is 1.71 bits per heavy atom. The Kier molecular flexibility index (Phi) is 3.19. The Bertz CT molecular complexity index is 390. The standard InChI is InChI=1S/C12H14N.Re/c1-12(2,3)11-8-9-6-4-5-7-10(9)13-11;/h4-8H,1-3H3;/q-1;.